The molecule has 2 aromatic rings. The Kier molecular flexibility index (Phi) is 3.39. The Labute approximate surface area is 121 Å². The van der Waals surface area contributed by atoms with Crippen LogP contribution in [0.1, 0.15) is 30.9 Å². The molecule has 2 aromatic carbocycles. The summed E-state index contributed by atoms with van der Waals surface area (Å²) in [5, 5.41) is 0. The zero-order valence-corrected chi connectivity index (χ0v) is 12.3. The molecule has 1 fully saturated rings. The third kappa shape index (κ3) is 2.16. The van der Waals surface area contributed by atoms with Crippen LogP contribution in [0.25, 0.3) is 0 Å². The first-order valence-electron chi connectivity index (χ1n) is 7.46. The molecule has 1 saturated carbocycles. The van der Waals surface area contributed by atoms with E-state index in [0.717, 1.165) is 6.54 Å². The first-order chi connectivity index (χ1) is 9.66. The standard InChI is InChI=1S/C19H23N/c1-19(2)16(13-20)18(19)17(14-9-5-3-6-10-14)15-11-7-4-8-12-15/h3-12,16-18H,13,20H2,1-2H3. The molecule has 0 aromatic heterocycles. The molecule has 0 amide bonds. The number of nitrogens with two attached hydrogens (primary N) is 1. The summed E-state index contributed by atoms with van der Waals surface area (Å²) in [5.74, 6) is 1.71. The topological polar surface area (TPSA) is 26.0 Å². The largest absolute Gasteiger partial charge is 0.330 e. The molecule has 1 heteroatoms. The Morgan fingerprint density at radius 3 is 1.70 bits per heavy atom. The summed E-state index contributed by atoms with van der Waals surface area (Å²) in [6.45, 7) is 5.50. The van der Waals surface area contributed by atoms with E-state index < -0.39 is 0 Å². The zero-order chi connectivity index (χ0) is 14.2. The van der Waals surface area contributed by atoms with Crippen LogP contribution in [-0.4, -0.2) is 6.54 Å². The molecule has 0 spiro atoms. The molecule has 0 saturated heterocycles. The van der Waals surface area contributed by atoms with Gasteiger partial charge in [0, 0.05) is 5.92 Å². The highest BCUT2D eigenvalue weighted by molar-refractivity contribution is 5.37. The van der Waals surface area contributed by atoms with E-state index in [-0.39, 0.29) is 0 Å². The van der Waals surface area contributed by atoms with Gasteiger partial charge in [-0.1, -0.05) is 74.5 Å². The second-order valence-electron chi connectivity index (χ2n) is 6.49. The van der Waals surface area contributed by atoms with E-state index in [1.165, 1.54) is 11.1 Å². The molecule has 2 N–H and O–H groups in total. The summed E-state index contributed by atoms with van der Waals surface area (Å²) < 4.78 is 0. The average Bonchev–Trinajstić information content (AvgIpc) is 3.03. The molecule has 2 atom stereocenters. The molecule has 1 nitrogen and oxygen atoms in total. The molecule has 1 aliphatic carbocycles. The first kappa shape index (κ1) is 13.4. The Hall–Kier alpha value is -1.60. The molecule has 2 unspecified atom stereocenters. The SMILES string of the molecule is CC1(C)C(CN)C1C(c1ccccc1)c1ccccc1. The van der Waals surface area contributed by atoms with Crippen molar-refractivity contribution in [2.24, 2.45) is 23.0 Å². The summed E-state index contributed by atoms with van der Waals surface area (Å²) in [7, 11) is 0. The van der Waals surface area contributed by atoms with Crippen molar-refractivity contribution in [3.05, 3.63) is 71.8 Å². The van der Waals surface area contributed by atoms with Crippen molar-refractivity contribution in [3.63, 3.8) is 0 Å². The highest BCUT2D eigenvalue weighted by atomic mass is 14.7. The molecule has 1 aliphatic rings. The van der Waals surface area contributed by atoms with Crippen molar-refractivity contribution in [3.8, 4) is 0 Å². The quantitative estimate of drug-likeness (QED) is 0.886. The van der Waals surface area contributed by atoms with Gasteiger partial charge in [0.05, 0.1) is 0 Å². The van der Waals surface area contributed by atoms with Crippen molar-refractivity contribution in [2.75, 3.05) is 6.54 Å². The van der Waals surface area contributed by atoms with E-state index in [9.17, 15) is 0 Å². The molecular weight excluding hydrogens is 242 g/mol. The fourth-order valence-electron chi connectivity index (χ4n) is 3.83. The Bertz CT molecular complexity index is 519. The van der Waals surface area contributed by atoms with Crippen molar-refractivity contribution in [2.45, 2.75) is 19.8 Å². The monoisotopic (exact) mass is 265 g/mol. The molecule has 104 valence electrons. The minimum absolute atomic E-state index is 0.338. The van der Waals surface area contributed by atoms with Crippen molar-refractivity contribution >= 4 is 0 Å². The minimum atomic E-state index is 0.338. The van der Waals surface area contributed by atoms with E-state index in [1.54, 1.807) is 0 Å². The van der Waals surface area contributed by atoms with Gasteiger partial charge in [-0.2, -0.15) is 0 Å². The van der Waals surface area contributed by atoms with Crippen LogP contribution in [-0.2, 0) is 0 Å². The highest BCUT2D eigenvalue weighted by Crippen LogP contribution is 2.64. The Morgan fingerprint density at radius 2 is 1.35 bits per heavy atom. The van der Waals surface area contributed by atoms with Gasteiger partial charge in [-0.05, 0) is 34.9 Å². The fourth-order valence-corrected chi connectivity index (χ4v) is 3.83. The van der Waals surface area contributed by atoms with Gasteiger partial charge in [-0.3, -0.25) is 0 Å². The summed E-state index contributed by atoms with van der Waals surface area (Å²) in [5.41, 5.74) is 9.15. The third-order valence-electron chi connectivity index (χ3n) is 5.07. The summed E-state index contributed by atoms with van der Waals surface area (Å²) in [6.07, 6.45) is 0. The summed E-state index contributed by atoms with van der Waals surface area (Å²) in [6, 6.07) is 21.7. The van der Waals surface area contributed by atoms with Gasteiger partial charge in [0.15, 0.2) is 0 Å². The number of rotatable bonds is 4. The van der Waals surface area contributed by atoms with E-state index in [0.29, 0.717) is 23.2 Å². The van der Waals surface area contributed by atoms with Crippen LogP contribution in [0.3, 0.4) is 0 Å². The fraction of sp³-hybridized carbons (Fsp3) is 0.368. The molecule has 3 rings (SSSR count). The van der Waals surface area contributed by atoms with Gasteiger partial charge in [-0.25, -0.2) is 0 Å². The lowest BCUT2D eigenvalue weighted by Gasteiger charge is -2.20. The van der Waals surface area contributed by atoms with Crippen molar-refractivity contribution in [1.29, 1.82) is 0 Å². The normalized spacial score (nSPS) is 23.8. The number of hydrogen-bond acceptors (Lipinski definition) is 1. The lowest BCUT2D eigenvalue weighted by molar-refractivity contribution is 0.513. The van der Waals surface area contributed by atoms with Gasteiger partial charge >= 0.3 is 0 Å². The second-order valence-corrected chi connectivity index (χ2v) is 6.49. The molecule has 0 bridgehead atoms. The summed E-state index contributed by atoms with van der Waals surface area (Å²) in [4.78, 5) is 0. The van der Waals surface area contributed by atoms with Crippen molar-refractivity contribution in [1.82, 2.24) is 0 Å². The number of hydrogen-bond donors (Lipinski definition) is 1. The molecule has 20 heavy (non-hydrogen) atoms. The highest BCUT2D eigenvalue weighted by Gasteiger charge is 2.60. The van der Waals surface area contributed by atoms with Crippen LogP contribution < -0.4 is 5.73 Å². The molecule has 0 aliphatic heterocycles. The van der Waals surface area contributed by atoms with Crippen LogP contribution in [0, 0.1) is 17.3 Å². The van der Waals surface area contributed by atoms with Gasteiger partial charge in [0.2, 0.25) is 0 Å². The smallest absolute Gasteiger partial charge is 0.0126 e. The maximum atomic E-state index is 5.99. The summed E-state index contributed by atoms with van der Waals surface area (Å²) >= 11 is 0. The zero-order valence-electron chi connectivity index (χ0n) is 12.3. The van der Waals surface area contributed by atoms with Gasteiger partial charge in [0.25, 0.3) is 0 Å². The van der Waals surface area contributed by atoms with Crippen LogP contribution in [0.15, 0.2) is 60.7 Å². The van der Waals surface area contributed by atoms with Crippen LogP contribution in [0.2, 0.25) is 0 Å². The van der Waals surface area contributed by atoms with Gasteiger partial charge in [-0.15, -0.1) is 0 Å². The maximum absolute atomic E-state index is 5.99. The van der Waals surface area contributed by atoms with Crippen LogP contribution in [0.5, 0.6) is 0 Å². The molecule has 0 radical (unpaired) electrons. The lowest BCUT2D eigenvalue weighted by Crippen LogP contribution is -2.09. The minimum Gasteiger partial charge on any atom is -0.330 e. The molecule has 0 heterocycles. The Balaban J connectivity index is 2.02. The van der Waals surface area contributed by atoms with Crippen molar-refractivity contribution < 1.29 is 0 Å². The van der Waals surface area contributed by atoms with Crippen LogP contribution >= 0.6 is 0 Å². The third-order valence-corrected chi connectivity index (χ3v) is 5.07. The van der Waals surface area contributed by atoms with Crippen LogP contribution in [0.4, 0.5) is 0 Å². The predicted molar refractivity (Wildman–Crippen MR) is 84.5 cm³/mol. The average molecular weight is 265 g/mol. The van der Waals surface area contributed by atoms with E-state index in [1.807, 2.05) is 0 Å². The second kappa shape index (κ2) is 5.06. The maximum Gasteiger partial charge on any atom is 0.0126 e. The predicted octanol–water partition coefficient (Wildman–Crippen LogP) is 4.05. The number of benzene rings is 2. The molecular formula is C19H23N. The van der Waals surface area contributed by atoms with E-state index in [2.05, 4.69) is 74.5 Å². The van der Waals surface area contributed by atoms with E-state index in [4.69, 9.17) is 5.73 Å². The lowest BCUT2D eigenvalue weighted by atomic mass is 9.84. The Morgan fingerprint density at radius 1 is 0.900 bits per heavy atom. The first-order valence-corrected chi connectivity index (χ1v) is 7.46. The van der Waals surface area contributed by atoms with E-state index >= 15 is 0 Å². The van der Waals surface area contributed by atoms with Gasteiger partial charge in [0.1, 0.15) is 0 Å². The van der Waals surface area contributed by atoms with Gasteiger partial charge < -0.3 is 5.73 Å².